The molecule has 0 aliphatic heterocycles. The fourth-order valence-electron chi connectivity index (χ4n) is 1.85. The molecular weight excluding hydrogens is 291 g/mol. The smallest absolute Gasteiger partial charge is 0.269 e. The second-order valence-corrected chi connectivity index (χ2v) is 5.29. The first-order valence-electron chi connectivity index (χ1n) is 6.63. The number of hydrogen-bond donors (Lipinski definition) is 2. The molecule has 0 bridgehead atoms. The van der Waals surface area contributed by atoms with Crippen LogP contribution in [-0.2, 0) is 0 Å². The van der Waals surface area contributed by atoms with Crippen molar-refractivity contribution in [3.05, 3.63) is 35.0 Å². The number of amides is 1. The molecule has 0 atom stereocenters. The van der Waals surface area contributed by atoms with Crippen LogP contribution in [0.15, 0.2) is 24.3 Å². The average Bonchev–Trinajstić information content (AvgIpc) is 2.85. The Balaban J connectivity index is 2.22. The van der Waals surface area contributed by atoms with Gasteiger partial charge in [-0.2, -0.15) is 0 Å². The van der Waals surface area contributed by atoms with Crippen LogP contribution in [-0.4, -0.2) is 24.0 Å². The summed E-state index contributed by atoms with van der Waals surface area (Å²) in [5, 5.41) is 3.20. The molecule has 0 aliphatic carbocycles. The molecule has 2 rings (SSSR count). The molecule has 1 aromatic heterocycles. The first kappa shape index (κ1) is 15.2. The highest BCUT2D eigenvalue weighted by Crippen LogP contribution is 2.29. The van der Waals surface area contributed by atoms with Gasteiger partial charge in [-0.3, -0.25) is 4.79 Å². The molecule has 3 N–H and O–H groups in total. The van der Waals surface area contributed by atoms with Crippen molar-refractivity contribution in [1.82, 2.24) is 4.98 Å². The molecule has 0 aliphatic rings. The van der Waals surface area contributed by atoms with Gasteiger partial charge in [0.05, 0.1) is 5.69 Å². The van der Waals surface area contributed by atoms with E-state index in [0.717, 1.165) is 13.1 Å². The molecular formula is C14H17FN4OS. The van der Waals surface area contributed by atoms with Gasteiger partial charge in [-0.1, -0.05) is 23.5 Å². The second-order valence-electron chi connectivity index (χ2n) is 4.32. The highest BCUT2D eigenvalue weighted by molar-refractivity contribution is 7.18. The van der Waals surface area contributed by atoms with E-state index in [1.165, 1.54) is 23.5 Å². The van der Waals surface area contributed by atoms with Gasteiger partial charge in [0.15, 0.2) is 5.13 Å². The van der Waals surface area contributed by atoms with Gasteiger partial charge in [0.25, 0.3) is 5.91 Å². The molecule has 112 valence electrons. The van der Waals surface area contributed by atoms with E-state index in [4.69, 9.17) is 5.73 Å². The number of nitrogens with two attached hydrogens (primary N) is 1. The summed E-state index contributed by atoms with van der Waals surface area (Å²) < 4.78 is 13.5. The Bertz CT molecular complexity index is 640. The van der Waals surface area contributed by atoms with Crippen LogP contribution in [0.4, 0.5) is 21.0 Å². The van der Waals surface area contributed by atoms with Crippen molar-refractivity contribution in [1.29, 1.82) is 0 Å². The number of anilines is 3. The predicted octanol–water partition coefficient (Wildman–Crippen LogP) is 2.96. The average molecular weight is 308 g/mol. The third-order valence-corrected chi connectivity index (χ3v) is 4.14. The SMILES string of the molecule is CCN(CC)c1nc(N)c(C(=O)Nc2ccccc2F)s1. The predicted molar refractivity (Wildman–Crippen MR) is 84.4 cm³/mol. The van der Waals surface area contributed by atoms with Crippen LogP contribution < -0.4 is 16.0 Å². The highest BCUT2D eigenvalue weighted by atomic mass is 32.1. The normalized spacial score (nSPS) is 10.4. The lowest BCUT2D eigenvalue weighted by Crippen LogP contribution is -2.21. The first-order valence-corrected chi connectivity index (χ1v) is 7.45. The Morgan fingerprint density at radius 3 is 2.67 bits per heavy atom. The summed E-state index contributed by atoms with van der Waals surface area (Å²) in [6, 6.07) is 5.99. The lowest BCUT2D eigenvalue weighted by atomic mass is 10.3. The fraction of sp³-hybridized carbons (Fsp3) is 0.286. The molecule has 0 radical (unpaired) electrons. The van der Waals surface area contributed by atoms with Crippen LogP contribution >= 0.6 is 11.3 Å². The van der Waals surface area contributed by atoms with Crippen molar-refractivity contribution < 1.29 is 9.18 Å². The Hall–Kier alpha value is -2.15. The van der Waals surface area contributed by atoms with Gasteiger partial charge in [-0.25, -0.2) is 9.37 Å². The van der Waals surface area contributed by atoms with Gasteiger partial charge in [-0.15, -0.1) is 0 Å². The Morgan fingerprint density at radius 1 is 1.38 bits per heavy atom. The van der Waals surface area contributed by atoms with Crippen molar-refractivity contribution in [3.8, 4) is 0 Å². The minimum absolute atomic E-state index is 0.125. The van der Waals surface area contributed by atoms with Crippen LogP contribution in [0.3, 0.4) is 0 Å². The molecule has 7 heteroatoms. The lowest BCUT2D eigenvalue weighted by Gasteiger charge is -2.16. The molecule has 1 amide bonds. The van der Waals surface area contributed by atoms with Crippen molar-refractivity contribution in [3.63, 3.8) is 0 Å². The zero-order valence-electron chi connectivity index (χ0n) is 11.9. The van der Waals surface area contributed by atoms with Crippen LogP contribution in [0.25, 0.3) is 0 Å². The highest BCUT2D eigenvalue weighted by Gasteiger charge is 2.19. The number of nitrogen functional groups attached to an aromatic ring is 1. The Morgan fingerprint density at radius 2 is 2.05 bits per heavy atom. The summed E-state index contributed by atoms with van der Waals surface area (Å²) in [5.41, 5.74) is 5.92. The monoisotopic (exact) mass is 308 g/mol. The molecule has 0 unspecified atom stereocenters. The quantitative estimate of drug-likeness (QED) is 0.891. The maximum absolute atomic E-state index is 13.5. The number of rotatable bonds is 5. The number of para-hydroxylation sites is 1. The maximum atomic E-state index is 13.5. The zero-order valence-corrected chi connectivity index (χ0v) is 12.7. The Labute approximate surface area is 126 Å². The standard InChI is InChI=1S/C14H17FN4OS/c1-3-19(4-2)14-18-12(16)11(21-14)13(20)17-10-8-6-5-7-9(10)15/h5-8H,3-4,16H2,1-2H3,(H,17,20). The summed E-state index contributed by atoms with van der Waals surface area (Å²) in [7, 11) is 0. The molecule has 21 heavy (non-hydrogen) atoms. The number of aromatic nitrogens is 1. The summed E-state index contributed by atoms with van der Waals surface area (Å²) in [4.78, 5) is 18.7. The topological polar surface area (TPSA) is 71.2 Å². The van der Waals surface area contributed by atoms with E-state index in [2.05, 4.69) is 10.3 Å². The van der Waals surface area contributed by atoms with Crippen molar-refractivity contribution in [2.75, 3.05) is 29.0 Å². The number of thiazole rings is 1. The molecule has 2 aromatic rings. The van der Waals surface area contributed by atoms with Gasteiger partial charge in [-0.05, 0) is 26.0 Å². The minimum Gasteiger partial charge on any atom is -0.382 e. The van der Waals surface area contributed by atoms with Gasteiger partial charge in [0.2, 0.25) is 0 Å². The molecule has 1 heterocycles. The van der Waals surface area contributed by atoms with E-state index in [-0.39, 0.29) is 11.5 Å². The van der Waals surface area contributed by atoms with Crippen molar-refractivity contribution in [2.24, 2.45) is 0 Å². The fourth-order valence-corrected chi connectivity index (χ4v) is 2.86. The number of carbonyl (C=O) groups is 1. The number of nitrogens with one attached hydrogen (secondary N) is 1. The van der Waals surface area contributed by atoms with Gasteiger partial charge in [0.1, 0.15) is 16.5 Å². The van der Waals surface area contributed by atoms with Crippen LogP contribution in [0.1, 0.15) is 23.5 Å². The zero-order chi connectivity index (χ0) is 15.4. The van der Waals surface area contributed by atoms with Crippen LogP contribution in [0.2, 0.25) is 0 Å². The number of nitrogens with zero attached hydrogens (tertiary/aromatic N) is 2. The van der Waals surface area contributed by atoms with E-state index < -0.39 is 11.7 Å². The van der Waals surface area contributed by atoms with Crippen molar-refractivity contribution >= 4 is 33.9 Å². The number of hydrogen-bond acceptors (Lipinski definition) is 5. The summed E-state index contributed by atoms with van der Waals surface area (Å²) in [6.45, 7) is 5.55. The number of halogens is 1. The third kappa shape index (κ3) is 3.30. The van der Waals surface area contributed by atoms with E-state index in [9.17, 15) is 9.18 Å². The van der Waals surface area contributed by atoms with E-state index in [1.807, 2.05) is 18.7 Å². The molecule has 0 fully saturated rings. The summed E-state index contributed by atoms with van der Waals surface area (Å²) in [5.74, 6) is -0.776. The number of benzene rings is 1. The first-order chi connectivity index (χ1) is 10.1. The molecule has 0 saturated heterocycles. The van der Waals surface area contributed by atoms with Crippen LogP contribution in [0, 0.1) is 5.82 Å². The van der Waals surface area contributed by atoms with Gasteiger partial charge >= 0.3 is 0 Å². The second kappa shape index (κ2) is 6.53. The summed E-state index contributed by atoms with van der Waals surface area (Å²) in [6.07, 6.45) is 0. The van der Waals surface area contributed by atoms with Crippen LogP contribution in [0.5, 0.6) is 0 Å². The van der Waals surface area contributed by atoms with E-state index in [1.54, 1.807) is 12.1 Å². The third-order valence-electron chi connectivity index (χ3n) is 3.00. The lowest BCUT2D eigenvalue weighted by molar-refractivity contribution is 0.103. The maximum Gasteiger partial charge on any atom is 0.269 e. The summed E-state index contributed by atoms with van der Waals surface area (Å²) >= 11 is 1.21. The van der Waals surface area contributed by atoms with E-state index in [0.29, 0.717) is 10.0 Å². The molecule has 5 nitrogen and oxygen atoms in total. The number of carbonyl (C=O) groups excluding carboxylic acids is 1. The van der Waals surface area contributed by atoms with Crippen molar-refractivity contribution in [2.45, 2.75) is 13.8 Å². The van der Waals surface area contributed by atoms with Gasteiger partial charge < -0.3 is 16.0 Å². The Kier molecular flexibility index (Phi) is 4.74. The minimum atomic E-state index is -0.488. The molecule has 0 saturated carbocycles. The largest absolute Gasteiger partial charge is 0.382 e. The molecule has 1 aromatic carbocycles. The van der Waals surface area contributed by atoms with Gasteiger partial charge in [0, 0.05) is 13.1 Å². The molecule has 0 spiro atoms. The van der Waals surface area contributed by atoms with E-state index >= 15 is 0 Å².